The highest BCUT2D eigenvalue weighted by atomic mass is 16.4. The summed E-state index contributed by atoms with van der Waals surface area (Å²) in [5, 5.41) is 13.8. The first-order valence-corrected chi connectivity index (χ1v) is 6.40. The fraction of sp³-hybridized carbons (Fsp3) is 0.500. The number of aromatic nitrogens is 2. The first kappa shape index (κ1) is 16.5. The van der Waals surface area contributed by atoms with E-state index in [4.69, 9.17) is 10.8 Å². The molecule has 1 aromatic heterocycles. The smallest absolute Gasteiger partial charge is 0.356 e. The number of hydrogen-bond acceptors (Lipinski definition) is 4. The highest BCUT2D eigenvalue weighted by molar-refractivity contribution is 5.86. The molecule has 1 unspecified atom stereocenters. The Hall–Kier alpha value is -2.58. The molecule has 9 nitrogen and oxygen atoms in total. The Morgan fingerprint density at radius 2 is 2.10 bits per heavy atom. The molecule has 0 fully saturated rings. The van der Waals surface area contributed by atoms with Gasteiger partial charge in [0.1, 0.15) is 6.04 Å². The monoisotopic (exact) mass is 297 g/mol. The maximum Gasteiger partial charge on any atom is 0.356 e. The molecular weight excluding hydrogens is 278 g/mol. The van der Waals surface area contributed by atoms with Gasteiger partial charge in [-0.05, 0) is 5.92 Å². The SMILES string of the molecule is CC(C)C(NC(=O)NCCn1cnc(C(=O)O)c1)C(N)=O. The van der Waals surface area contributed by atoms with Crippen molar-refractivity contribution >= 4 is 17.9 Å². The Bertz CT molecular complexity index is 525. The third kappa shape index (κ3) is 5.13. The van der Waals surface area contributed by atoms with Crippen LogP contribution < -0.4 is 16.4 Å². The topological polar surface area (TPSA) is 139 Å². The van der Waals surface area contributed by atoms with E-state index in [0.717, 1.165) is 0 Å². The van der Waals surface area contributed by atoms with Crippen LogP contribution in [0.3, 0.4) is 0 Å². The van der Waals surface area contributed by atoms with Crippen LogP contribution >= 0.6 is 0 Å². The number of imidazole rings is 1. The van der Waals surface area contributed by atoms with Crippen LogP contribution in [0, 0.1) is 5.92 Å². The van der Waals surface area contributed by atoms with E-state index in [1.807, 2.05) is 0 Å². The Morgan fingerprint density at radius 3 is 2.57 bits per heavy atom. The number of nitrogens with zero attached hydrogens (tertiary/aromatic N) is 2. The molecule has 1 atom stereocenters. The number of amides is 3. The number of carboxylic acids is 1. The van der Waals surface area contributed by atoms with E-state index in [2.05, 4.69) is 15.6 Å². The van der Waals surface area contributed by atoms with Crippen LogP contribution in [-0.2, 0) is 11.3 Å². The average molecular weight is 297 g/mol. The quantitative estimate of drug-likeness (QED) is 0.531. The van der Waals surface area contributed by atoms with Gasteiger partial charge in [0.25, 0.3) is 0 Å². The molecule has 3 amide bonds. The highest BCUT2D eigenvalue weighted by Crippen LogP contribution is 2.00. The van der Waals surface area contributed by atoms with Crippen LogP contribution in [0.5, 0.6) is 0 Å². The second-order valence-electron chi connectivity index (χ2n) is 4.83. The molecule has 1 rings (SSSR count). The predicted octanol–water partition coefficient (Wildman–Crippen LogP) is -0.610. The number of nitrogens with two attached hydrogens (primary N) is 1. The van der Waals surface area contributed by atoms with Gasteiger partial charge in [-0.15, -0.1) is 0 Å². The van der Waals surface area contributed by atoms with Crippen molar-refractivity contribution in [2.75, 3.05) is 6.54 Å². The minimum absolute atomic E-state index is 0.0620. The van der Waals surface area contributed by atoms with Crippen LogP contribution in [0.2, 0.25) is 0 Å². The predicted molar refractivity (Wildman–Crippen MR) is 73.5 cm³/mol. The van der Waals surface area contributed by atoms with Crippen molar-refractivity contribution in [1.82, 2.24) is 20.2 Å². The molecule has 9 heteroatoms. The lowest BCUT2D eigenvalue weighted by molar-refractivity contribution is -0.120. The van der Waals surface area contributed by atoms with Gasteiger partial charge in [0.05, 0.1) is 6.33 Å². The van der Waals surface area contributed by atoms with E-state index in [1.54, 1.807) is 13.8 Å². The summed E-state index contributed by atoms with van der Waals surface area (Å²) in [5.74, 6) is -1.82. The molecule has 0 aromatic carbocycles. The third-order valence-corrected chi connectivity index (χ3v) is 2.77. The summed E-state index contributed by atoms with van der Waals surface area (Å²) in [6.07, 6.45) is 2.73. The summed E-state index contributed by atoms with van der Waals surface area (Å²) in [4.78, 5) is 37.1. The molecule has 5 N–H and O–H groups in total. The van der Waals surface area contributed by atoms with Crippen LogP contribution in [0.1, 0.15) is 24.3 Å². The van der Waals surface area contributed by atoms with E-state index in [0.29, 0.717) is 6.54 Å². The Kier molecular flexibility index (Phi) is 5.70. The lowest BCUT2D eigenvalue weighted by atomic mass is 10.0. The molecule has 0 aliphatic carbocycles. The van der Waals surface area contributed by atoms with Crippen molar-refractivity contribution in [1.29, 1.82) is 0 Å². The summed E-state index contributed by atoms with van der Waals surface area (Å²) in [5.41, 5.74) is 5.13. The fourth-order valence-corrected chi connectivity index (χ4v) is 1.65. The number of hydrogen-bond donors (Lipinski definition) is 4. The third-order valence-electron chi connectivity index (χ3n) is 2.77. The van der Waals surface area contributed by atoms with Crippen LogP contribution in [0.25, 0.3) is 0 Å². The summed E-state index contributed by atoms with van der Waals surface area (Å²) in [6, 6.07) is -1.25. The van der Waals surface area contributed by atoms with Gasteiger partial charge < -0.3 is 26.0 Å². The molecule has 21 heavy (non-hydrogen) atoms. The Labute approximate surface area is 121 Å². The number of urea groups is 1. The van der Waals surface area contributed by atoms with Crippen molar-refractivity contribution in [3.63, 3.8) is 0 Å². The zero-order valence-electron chi connectivity index (χ0n) is 11.9. The molecule has 0 saturated carbocycles. The highest BCUT2D eigenvalue weighted by Gasteiger charge is 2.21. The molecule has 1 aromatic rings. The summed E-state index contributed by atoms with van der Waals surface area (Å²) >= 11 is 0. The number of nitrogens with one attached hydrogen (secondary N) is 2. The number of rotatable bonds is 7. The van der Waals surface area contributed by atoms with E-state index in [9.17, 15) is 14.4 Å². The Balaban J connectivity index is 2.39. The molecule has 1 heterocycles. The van der Waals surface area contributed by atoms with Gasteiger partial charge in [-0.2, -0.15) is 0 Å². The largest absolute Gasteiger partial charge is 0.476 e. The van der Waals surface area contributed by atoms with Gasteiger partial charge in [0.2, 0.25) is 5.91 Å². The van der Waals surface area contributed by atoms with Gasteiger partial charge in [0.15, 0.2) is 5.69 Å². The second-order valence-corrected chi connectivity index (χ2v) is 4.83. The summed E-state index contributed by atoms with van der Waals surface area (Å²) in [7, 11) is 0. The van der Waals surface area contributed by atoms with E-state index < -0.39 is 23.9 Å². The van der Waals surface area contributed by atoms with Gasteiger partial charge >= 0.3 is 12.0 Å². The van der Waals surface area contributed by atoms with Crippen molar-refractivity contribution in [3.8, 4) is 0 Å². The Morgan fingerprint density at radius 1 is 1.43 bits per heavy atom. The lowest BCUT2D eigenvalue weighted by Crippen LogP contribution is -2.51. The number of aromatic carboxylic acids is 1. The van der Waals surface area contributed by atoms with Crippen LogP contribution in [0.15, 0.2) is 12.5 Å². The molecule has 0 radical (unpaired) electrons. The number of carboxylic acid groups (broad SMARTS) is 1. The minimum Gasteiger partial charge on any atom is -0.476 e. The fourth-order valence-electron chi connectivity index (χ4n) is 1.65. The van der Waals surface area contributed by atoms with Crippen molar-refractivity contribution in [3.05, 3.63) is 18.2 Å². The average Bonchev–Trinajstić information content (AvgIpc) is 2.84. The second kappa shape index (κ2) is 7.27. The van der Waals surface area contributed by atoms with Gasteiger partial charge in [-0.3, -0.25) is 4.79 Å². The van der Waals surface area contributed by atoms with Gasteiger partial charge in [-0.25, -0.2) is 14.6 Å². The van der Waals surface area contributed by atoms with Gasteiger partial charge in [0, 0.05) is 19.3 Å². The van der Waals surface area contributed by atoms with Gasteiger partial charge in [-0.1, -0.05) is 13.8 Å². The maximum absolute atomic E-state index is 11.6. The lowest BCUT2D eigenvalue weighted by Gasteiger charge is -2.19. The van der Waals surface area contributed by atoms with E-state index in [-0.39, 0.29) is 18.2 Å². The van der Waals surface area contributed by atoms with E-state index in [1.165, 1.54) is 17.1 Å². The zero-order chi connectivity index (χ0) is 16.0. The standard InChI is InChI=1S/C12H19N5O4/c1-7(2)9(10(13)18)16-12(21)14-3-4-17-5-8(11(19)20)15-6-17/h5-7,9H,3-4H2,1-2H3,(H2,13,18)(H,19,20)(H2,14,16,21). The van der Waals surface area contributed by atoms with Crippen LogP contribution in [0.4, 0.5) is 4.79 Å². The summed E-state index contributed by atoms with van der Waals surface area (Å²) in [6.45, 7) is 4.16. The summed E-state index contributed by atoms with van der Waals surface area (Å²) < 4.78 is 1.54. The molecule has 0 bridgehead atoms. The maximum atomic E-state index is 11.6. The zero-order valence-corrected chi connectivity index (χ0v) is 11.9. The number of carbonyl (C=O) groups excluding carboxylic acids is 2. The minimum atomic E-state index is -1.11. The van der Waals surface area contributed by atoms with Crippen molar-refractivity contribution in [2.24, 2.45) is 11.7 Å². The van der Waals surface area contributed by atoms with Crippen molar-refractivity contribution < 1.29 is 19.5 Å². The molecule has 0 aliphatic heterocycles. The molecular formula is C12H19N5O4. The number of carbonyl (C=O) groups is 3. The van der Waals surface area contributed by atoms with Crippen LogP contribution in [-0.4, -0.2) is 45.2 Å². The number of primary amides is 1. The molecule has 0 saturated heterocycles. The first-order chi connectivity index (χ1) is 9.81. The molecule has 0 spiro atoms. The normalized spacial score (nSPS) is 12.0. The van der Waals surface area contributed by atoms with Crippen molar-refractivity contribution in [2.45, 2.75) is 26.4 Å². The molecule has 116 valence electrons. The molecule has 0 aliphatic rings. The van der Waals surface area contributed by atoms with E-state index >= 15 is 0 Å². The first-order valence-electron chi connectivity index (χ1n) is 6.40.